The number of fused-ring (bicyclic) bond motifs is 6. The quantitative estimate of drug-likeness (QED) is 0.0907. The van der Waals surface area contributed by atoms with Gasteiger partial charge in [-0.1, -0.05) is 146 Å². The van der Waals surface area contributed by atoms with Crippen LogP contribution in [0.25, 0.3) is 44.1 Å². The Labute approximate surface area is 330 Å². The van der Waals surface area contributed by atoms with Gasteiger partial charge in [-0.2, -0.15) is 0 Å². The number of pyridine rings is 1. The van der Waals surface area contributed by atoms with Crippen LogP contribution in [0.5, 0.6) is 0 Å². The molecule has 0 unspecified atom stereocenters. The van der Waals surface area contributed by atoms with E-state index in [9.17, 15) is 0 Å². The standard InChI is InChI=1S/C27H37N2.C20H12N3.Au/c1-18(2)22-11-9-12-23(19(3)4)26(22)28-15-16-29(17-28)27-24(20(5)6)13-10-14-25(27)21(7)8;1-3-9-15-13(7-1)14-8-2-4-10-16(14)19-18(15)22-20(23-19)17-11-5-6-12-21-17;/h9-21H,1-8H3;1-12H;/q2*-1;. The van der Waals surface area contributed by atoms with Gasteiger partial charge in [0, 0.05) is 40.0 Å². The molecule has 0 amide bonds. The SMILES string of the molecule is CC(C)c1cccc(C(C)C)c1N1C=CN(c2c(C(C)C)cccc2C(C)C)[CH-]1.[Au].c1ccc(-c2nc3c4ccccc4c4ccccc4c3[n-]2)nc1. The fourth-order valence-corrected chi connectivity index (χ4v) is 7.42. The zero-order valence-corrected chi connectivity index (χ0v) is 34.1. The van der Waals surface area contributed by atoms with Crippen molar-refractivity contribution >= 4 is 44.0 Å². The van der Waals surface area contributed by atoms with Crippen molar-refractivity contribution in [2.45, 2.75) is 79.1 Å². The van der Waals surface area contributed by atoms with E-state index < -0.39 is 0 Å². The molecule has 0 atom stereocenters. The number of imidazole rings is 1. The predicted molar refractivity (Wildman–Crippen MR) is 221 cm³/mol. The third-order valence-electron chi connectivity index (χ3n) is 10.0. The van der Waals surface area contributed by atoms with E-state index in [1.165, 1.54) is 44.4 Å². The van der Waals surface area contributed by atoms with Crippen LogP contribution in [0.4, 0.5) is 11.4 Å². The third kappa shape index (κ3) is 7.44. The largest absolute Gasteiger partial charge is 0.479 e. The molecule has 0 N–H and O–H groups in total. The third-order valence-corrected chi connectivity index (χ3v) is 10.0. The van der Waals surface area contributed by atoms with Crippen LogP contribution in [0.3, 0.4) is 0 Å². The number of anilines is 2. The van der Waals surface area contributed by atoms with Crippen LogP contribution in [0, 0.1) is 6.67 Å². The molecule has 1 aliphatic rings. The van der Waals surface area contributed by atoms with Crippen molar-refractivity contribution < 1.29 is 22.4 Å². The van der Waals surface area contributed by atoms with Crippen molar-refractivity contribution in [3.8, 4) is 11.5 Å². The fraction of sp³-hybridized carbons (Fsp3) is 0.255. The number of nitrogens with zero attached hydrogens (tertiary/aromatic N) is 5. The van der Waals surface area contributed by atoms with E-state index in [0.29, 0.717) is 29.5 Å². The number of benzene rings is 5. The minimum atomic E-state index is 0. The Balaban J connectivity index is 0.000000182. The minimum absolute atomic E-state index is 0. The first-order valence-electron chi connectivity index (χ1n) is 18.6. The van der Waals surface area contributed by atoms with Crippen LogP contribution in [0.1, 0.15) is 101 Å². The second-order valence-electron chi connectivity index (χ2n) is 15.0. The smallest absolute Gasteiger partial charge is 0.0620 e. The van der Waals surface area contributed by atoms with Gasteiger partial charge in [0.15, 0.2) is 0 Å². The summed E-state index contributed by atoms with van der Waals surface area (Å²) in [7, 11) is 0. The topological polar surface area (TPSA) is 46.4 Å². The van der Waals surface area contributed by atoms with Gasteiger partial charge >= 0.3 is 0 Å². The van der Waals surface area contributed by atoms with Gasteiger partial charge in [0.25, 0.3) is 0 Å². The van der Waals surface area contributed by atoms with Crippen molar-refractivity contribution in [3.05, 3.63) is 151 Å². The Bertz CT molecular complexity index is 2170. The van der Waals surface area contributed by atoms with E-state index in [0.717, 1.165) is 27.5 Å². The minimum Gasteiger partial charge on any atom is -0.479 e. The maximum Gasteiger partial charge on any atom is 0.0620 e. The van der Waals surface area contributed by atoms with Crippen LogP contribution in [0.2, 0.25) is 0 Å². The first kappa shape index (κ1) is 38.1. The molecule has 0 spiro atoms. The van der Waals surface area contributed by atoms with Crippen molar-refractivity contribution in [1.82, 2.24) is 15.0 Å². The van der Waals surface area contributed by atoms with Crippen LogP contribution in [-0.4, -0.2) is 9.97 Å². The van der Waals surface area contributed by atoms with Crippen molar-refractivity contribution in [2.75, 3.05) is 9.80 Å². The van der Waals surface area contributed by atoms with E-state index in [1.54, 1.807) is 6.20 Å². The van der Waals surface area contributed by atoms with Crippen molar-refractivity contribution in [3.63, 3.8) is 0 Å². The Kier molecular flexibility index (Phi) is 11.6. The molecule has 0 saturated carbocycles. The summed E-state index contributed by atoms with van der Waals surface area (Å²) in [6.07, 6.45) is 6.20. The fourth-order valence-electron chi connectivity index (χ4n) is 7.42. The van der Waals surface area contributed by atoms with E-state index >= 15 is 0 Å². The maximum absolute atomic E-state index is 4.79. The van der Waals surface area contributed by atoms with Gasteiger partial charge in [0.05, 0.1) is 5.69 Å². The number of aromatic nitrogens is 3. The molecule has 2 aromatic heterocycles. The molecule has 0 saturated heterocycles. The summed E-state index contributed by atoms with van der Waals surface area (Å²) < 4.78 is 0. The second kappa shape index (κ2) is 16.1. The van der Waals surface area contributed by atoms with Crippen molar-refractivity contribution in [2.24, 2.45) is 0 Å². The predicted octanol–water partition coefficient (Wildman–Crippen LogP) is 12.7. The molecule has 0 fully saturated rings. The number of rotatable bonds is 7. The molecular formula is C47H49AuN5-2. The molecule has 6 heteroatoms. The van der Waals surface area contributed by atoms with Gasteiger partial charge in [-0.05, 0) is 109 Å². The number of para-hydroxylation sites is 2. The Hall–Kier alpha value is -4.68. The normalized spacial score (nSPS) is 12.8. The van der Waals surface area contributed by atoms with Gasteiger partial charge in [0.1, 0.15) is 0 Å². The van der Waals surface area contributed by atoms with E-state index in [-0.39, 0.29) is 22.4 Å². The van der Waals surface area contributed by atoms with Gasteiger partial charge < -0.3 is 19.8 Å². The molecule has 0 aliphatic carbocycles. The zero-order valence-electron chi connectivity index (χ0n) is 32.0. The molecule has 8 rings (SSSR count). The average Bonchev–Trinajstić information content (AvgIpc) is 3.84. The van der Waals surface area contributed by atoms with Gasteiger partial charge in [-0.25, -0.2) is 0 Å². The molecule has 53 heavy (non-hydrogen) atoms. The molecular weight excluding hydrogens is 832 g/mol. The molecule has 3 heterocycles. The number of hydrogen-bond donors (Lipinski definition) is 0. The van der Waals surface area contributed by atoms with E-state index in [1.807, 2.05) is 30.3 Å². The summed E-state index contributed by atoms with van der Waals surface area (Å²) in [5, 5.41) is 4.69. The zero-order chi connectivity index (χ0) is 36.5. The monoisotopic (exact) mass is 880 g/mol. The summed E-state index contributed by atoms with van der Waals surface area (Å²) in [4.78, 5) is 18.6. The van der Waals surface area contributed by atoms with Crippen LogP contribution in [-0.2, 0) is 22.4 Å². The summed E-state index contributed by atoms with van der Waals surface area (Å²) in [6, 6.07) is 36.1. The Morgan fingerprint density at radius 2 is 0.943 bits per heavy atom. The summed E-state index contributed by atoms with van der Waals surface area (Å²) >= 11 is 0. The molecule has 7 aromatic rings. The second-order valence-corrected chi connectivity index (χ2v) is 15.0. The van der Waals surface area contributed by atoms with Crippen LogP contribution < -0.4 is 14.8 Å². The summed E-state index contributed by atoms with van der Waals surface area (Å²) in [5.74, 6) is 2.60. The molecule has 5 aromatic carbocycles. The van der Waals surface area contributed by atoms with Crippen molar-refractivity contribution in [1.29, 1.82) is 0 Å². The van der Waals surface area contributed by atoms with Gasteiger partial charge in [-0.3, -0.25) is 4.98 Å². The summed E-state index contributed by atoms with van der Waals surface area (Å²) in [5.41, 5.74) is 11.0. The maximum atomic E-state index is 4.79. The molecule has 275 valence electrons. The average molecular weight is 881 g/mol. The molecule has 1 aliphatic heterocycles. The summed E-state index contributed by atoms with van der Waals surface area (Å²) in [6.45, 7) is 20.5. The first-order valence-corrected chi connectivity index (χ1v) is 18.6. The molecule has 0 bridgehead atoms. The number of hydrogen-bond acceptors (Lipinski definition) is 4. The molecule has 1 radical (unpaired) electrons. The Morgan fingerprint density at radius 1 is 0.509 bits per heavy atom. The van der Waals surface area contributed by atoms with Crippen LogP contribution in [0.15, 0.2) is 122 Å². The van der Waals surface area contributed by atoms with Crippen LogP contribution >= 0.6 is 0 Å². The molecule has 5 nitrogen and oxygen atoms in total. The van der Waals surface area contributed by atoms with E-state index in [2.05, 4.69) is 162 Å². The van der Waals surface area contributed by atoms with Gasteiger partial charge in [0.2, 0.25) is 0 Å². The van der Waals surface area contributed by atoms with Gasteiger partial charge in [-0.15, -0.1) is 6.67 Å². The van der Waals surface area contributed by atoms with E-state index in [4.69, 9.17) is 9.97 Å². The first-order chi connectivity index (χ1) is 25.1. The Morgan fingerprint density at radius 3 is 1.40 bits per heavy atom.